The Morgan fingerprint density at radius 3 is 2.94 bits per heavy atom. The summed E-state index contributed by atoms with van der Waals surface area (Å²) in [6.45, 7) is 2.87. The number of halogens is 1. The van der Waals surface area contributed by atoms with Gasteiger partial charge in [0.25, 0.3) is 0 Å². The van der Waals surface area contributed by atoms with E-state index < -0.39 is 0 Å². The zero-order chi connectivity index (χ0) is 11.5. The monoisotopic (exact) mass is 239 g/mol. The lowest BCUT2D eigenvalue weighted by atomic mass is 10.1. The SMILES string of the molecule is CCNC(c1ccco1)c1c(Cl)cnn1C. The van der Waals surface area contributed by atoms with E-state index in [2.05, 4.69) is 10.4 Å². The molecule has 0 fully saturated rings. The molecule has 0 aliphatic rings. The van der Waals surface area contributed by atoms with Crippen molar-refractivity contribution in [3.05, 3.63) is 41.1 Å². The van der Waals surface area contributed by atoms with Crippen LogP contribution in [0.4, 0.5) is 0 Å². The number of hydrogen-bond donors (Lipinski definition) is 1. The summed E-state index contributed by atoms with van der Waals surface area (Å²) in [5.41, 5.74) is 0.915. The van der Waals surface area contributed by atoms with Gasteiger partial charge in [0.2, 0.25) is 0 Å². The lowest BCUT2D eigenvalue weighted by Gasteiger charge is -2.16. The van der Waals surface area contributed by atoms with Gasteiger partial charge < -0.3 is 9.73 Å². The first kappa shape index (κ1) is 11.2. The van der Waals surface area contributed by atoms with Crippen molar-refractivity contribution in [3.8, 4) is 0 Å². The zero-order valence-corrected chi connectivity index (χ0v) is 10.0. The van der Waals surface area contributed by atoms with Gasteiger partial charge in [-0.1, -0.05) is 18.5 Å². The van der Waals surface area contributed by atoms with E-state index in [1.807, 2.05) is 26.1 Å². The highest BCUT2D eigenvalue weighted by molar-refractivity contribution is 6.31. The molecule has 0 spiro atoms. The summed E-state index contributed by atoms with van der Waals surface area (Å²) in [5, 5.41) is 8.11. The largest absolute Gasteiger partial charge is 0.467 e. The molecular weight excluding hydrogens is 226 g/mol. The first-order valence-electron chi connectivity index (χ1n) is 5.18. The van der Waals surface area contributed by atoms with Crippen LogP contribution in [-0.2, 0) is 7.05 Å². The predicted molar refractivity (Wildman–Crippen MR) is 62.4 cm³/mol. The molecule has 0 saturated carbocycles. The Hall–Kier alpha value is -1.26. The predicted octanol–water partition coefficient (Wildman–Crippen LogP) is 2.37. The van der Waals surface area contributed by atoms with Crippen LogP contribution in [0.2, 0.25) is 5.02 Å². The minimum atomic E-state index is -0.0556. The van der Waals surface area contributed by atoms with E-state index in [1.54, 1.807) is 17.1 Å². The van der Waals surface area contributed by atoms with Gasteiger partial charge in [-0.25, -0.2) is 0 Å². The first-order chi connectivity index (χ1) is 7.74. The Kier molecular flexibility index (Phi) is 3.31. The van der Waals surface area contributed by atoms with Gasteiger partial charge in [0.05, 0.1) is 23.2 Å². The van der Waals surface area contributed by atoms with Gasteiger partial charge in [-0.15, -0.1) is 0 Å². The normalized spacial score (nSPS) is 12.9. The van der Waals surface area contributed by atoms with E-state index in [4.69, 9.17) is 16.0 Å². The van der Waals surface area contributed by atoms with Crippen molar-refractivity contribution in [2.75, 3.05) is 6.54 Å². The van der Waals surface area contributed by atoms with Crippen LogP contribution in [0.1, 0.15) is 24.4 Å². The molecule has 2 aromatic heterocycles. The van der Waals surface area contributed by atoms with Gasteiger partial charge in [0.15, 0.2) is 0 Å². The minimum absolute atomic E-state index is 0.0556. The summed E-state index contributed by atoms with van der Waals surface area (Å²) >= 11 is 6.13. The van der Waals surface area contributed by atoms with Crippen molar-refractivity contribution in [2.24, 2.45) is 7.05 Å². The van der Waals surface area contributed by atoms with Gasteiger partial charge in [-0.3, -0.25) is 4.68 Å². The van der Waals surface area contributed by atoms with Crippen LogP contribution < -0.4 is 5.32 Å². The maximum Gasteiger partial charge on any atom is 0.126 e. The average Bonchev–Trinajstić information content (AvgIpc) is 2.87. The standard InChI is InChI=1S/C11H14ClN3O/c1-3-13-10(9-5-4-6-16-9)11-8(12)7-14-15(11)2/h4-7,10,13H,3H2,1-2H3. The quantitative estimate of drug-likeness (QED) is 0.891. The van der Waals surface area contributed by atoms with Crippen LogP contribution in [0, 0.1) is 0 Å². The zero-order valence-electron chi connectivity index (χ0n) is 9.27. The second-order valence-electron chi connectivity index (χ2n) is 3.51. The van der Waals surface area contributed by atoms with Crippen LogP contribution in [0.5, 0.6) is 0 Å². The Labute approximate surface area is 99.2 Å². The third-order valence-electron chi connectivity index (χ3n) is 2.45. The van der Waals surface area contributed by atoms with Gasteiger partial charge in [0, 0.05) is 7.05 Å². The Morgan fingerprint density at radius 2 is 2.44 bits per heavy atom. The molecule has 0 radical (unpaired) electrons. The maximum atomic E-state index is 6.13. The number of rotatable bonds is 4. The average molecular weight is 240 g/mol. The molecule has 2 aromatic rings. The van der Waals surface area contributed by atoms with Crippen molar-refractivity contribution < 1.29 is 4.42 Å². The summed E-state index contributed by atoms with van der Waals surface area (Å²) in [6.07, 6.45) is 3.30. The topological polar surface area (TPSA) is 43.0 Å². The van der Waals surface area contributed by atoms with E-state index >= 15 is 0 Å². The van der Waals surface area contributed by atoms with E-state index in [-0.39, 0.29) is 6.04 Å². The molecule has 0 aromatic carbocycles. The van der Waals surface area contributed by atoms with Crippen molar-refractivity contribution in [1.82, 2.24) is 15.1 Å². The van der Waals surface area contributed by atoms with Crippen LogP contribution in [0.15, 0.2) is 29.0 Å². The van der Waals surface area contributed by atoms with Gasteiger partial charge in [-0.05, 0) is 18.7 Å². The van der Waals surface area contributed by atoms with E-state index in [0.29, 0.717) is 5.02 Å². The van der Waals surface area contributed by atoms with Crippen LogP contribution in [-0.4, -0.2) is 16.3 Å². The van der Waals surface area contributed by atoms with Crippen LogP contribution >= 0.6 is 11.6 Å². The van der Waals surface area contributed by atoms with Gasteiger partial charge in [0.1, 0.15) is 11.8 Å². The molecule has 2 rings (SSSR count). The molecule has 0 aliphatic heterocycles. The van der Waals surface area contributed by atoms with Crippen LogP contribution in [0.25, 0.3) is 0 Å². The molecule has 0 amide bonds. The van der Waals surface area contributed by atoms with Crippen molar-refractivity contribution in [3.63, 3.8) is 0 Å². The van der Waals surface area contributed by atoms with Crippen molar-refractivity contribution in [1.29, 1.82) is 0 Å². The van der Waals surface area contributed by atoms with Gasteiger partial charge in [-0.2, -0.15) is 5.10 Å². The number of nitrogens with zero attached hydrogens (tertiary/aromatic N) is 2. The number of furan rings is 1. The molecule has 16 heavy (non-hydrogen) atoms. The summed E-state index contributed by atoms with van der Waals surface area (Å²) in [4.78, 5) is 0. The van der Waals surface area contributed by atoms with Crippen molar-refractivity contribution in [2.45, 2.75) is 13.0 Å². The molecule has 1 atom stereocenters. The maximum absolute atomic E-state index is 6.13. The number of hydrogen-bond acceptors (Lipinski definition) is 3. The first-order valence-corrected chi connectivity index (χ1v) is 5.56. The summed E-state index contributed by atoms with van der Waals surface area (Å²) in [6, 6.07) is 3.74. The summed E-state index contributed by atoms with van der Waals surface area (Å²) in [7, 11) is 1.87. The Balaban J connectivity index is 2.40. The molecule has 0 aliphatic carbocycles. The molecule has 4 nitrogen and oxygen atoms in total. The highest BCUT2D eigenvalue weighted by Crippen LogP contribution is 2.27. The minimum Gasteiger partial charge on any atom is -0.467 e. The third kappa shape index (κ3) is 1.99. The molecule has 1 unspecified atom stereocenters. The van der Waals surface area contributed by atoms with Crippen LogP contribution in [0.3, 0.4) is 0 Å². The molecular formula is C11H14ClN3O. The lowest BCUT2D eigenvalue weighted by Crippen LogP contribution is -2.24. The fraction of sp³-hybridized carbons (Fsp3) is 0.364. The third-order valence-corrected chi connectivity index (χ3v) is 2.74. The van der Waals surface area contributed by atoms with E-state index in [0.717, 1.165) is 18.0 Å². The Bertz CT molecular complexity index is 430. The molecule has 5 heteroatoms. The number of aryl methyl sites for hydroxylation is 1. The van der Waals surface area contributed by atoms with E-state index in [9.17, 15) is 0 Å². The fourth-order valence-electron chi connectivity index (χ4n) is 1.74. The highest BCUT2D eigenvalue weighted by Gasteiger charge is 2.22. The second-order valence-corrected chi connectivity index (χ2v) is 3.91. The summed E-state index contributed by atoms with van der Waals surface area (Å²) < 4.78 is 7.18. The fourth-order valence-corrected chi connectivity index (χ4v) is 2.01. The lowest BCUT2D eigenvalue weighted by molar-refractivity contribution is 0.438. The molecule has 1 N–H and O–H groups in total. The summed E-state index contributed by atoms with van der Waals surface area (Å²) in [5.74, 6) is 0.840. The number of nitrogens with one attached hydrogen (secondary N) is 1. The highest BCUT2D eigenvalue weighted by atomic mass is 35.5. The smallest absolute Gasteiger partial charge is 0.126 e. The molecule has 2 heterocycles. The Morgan fingerprint density at radius 1 is 1.62 bits per heavy atom. The van der Waals surface area contributed by atoms with Crippen molar-refractivity contribution >= 4 is 11.6 Å². The molecule has 0 saturated heterocycles. The second kappa shape index (κ2) is 4.72. The van der Waals surface area contributed by atoms with Gasteiger partial charge >= 0.3 is 0 Å². The van der Waals surface area contributed by atoms with E-state index in [1.165, 1.54) is 0 Å². The molecule has 0 bridgehead atoms. The molecule has 86 valence electrons. The number of aromatic nitrogens is 2.